The zero-order chi connectivity index (χ0) is 20.1. The summed E-state index contributed by atoms with van der Waals surface area (Å²) in [6, 6.07) is 19.1. The van der Waals surface area contributed by atoms with Crippen LogP contribution in [0.1, 0.15) is 37.5 Å². The highest BCUT2D eigenvalue weighted by Crippen LogP contribution is 2.37. The quantitative estimate of drug-likeness (QED) is 0.340. The molecule has 0 fully saturated rings. The largest absolute Gasteiger partial charge is 0.316 e. The van der Waals surface area contributed by atoms with Gasteiger partial charge in [0.05, 0.1) is 5.69 Å². The molecule has 28 heavy (non-hydrogen) atoms. The molecule has 0 unspecified atom stereocenters. The molecule has 0 saturated heterocycles. The van der Waals surface area contributed by atoms with Gasteiger partial charge >= 0.3 is 0 Å². The van der Waals surface area contributed by atoms with Crippen molar-refractivity contribution >= 4 is 40.3 Å². The van der Waals surface area contributed by atoms with Crippen molar-refractivity contribution in [3.63, 3.8) is 0 Å². The van der Waals surface area contributed by atoms with Crippen LogP contribution < -0.4 is 9.80 Å². The molecule has 0 atom stereocenters. The van der Waals surface area contributed by atoms with Crippen LogP contribution in [0.4, 0.5) is 11.4 Å². The Bertz CT molecular complexity index is 1090. The summed E-state index contributed by atoms with van der Waals surface area (Å²) in [5.74, 6) is 0.442. The van der Waals surface area contributed by atoms with Crippen LogP contribution in [0.15, 0.2) is 54.6 Å². The molecule has 3 aromatic carbocycles. The van der Waals surface area contributed by atoms with Gasteiger partial charge in [0.2, 0.25) is 5.96 Å². The van der Waals surface area contributed by atoms with Gasteiger partial charge in [-0.3, -0.25) is 5.41 Å². The Morgan fingerprint density at radius 1 is 0.821 bits per heavy atom. The van der Waals surface area contributed by atoms with Crippen LogP contribution in [0.2, 0.25) is 0 Å². The average Bonchev–Trinajstić information content (AvgIpc) is 3.11. The lowest BCUT2D eigenvalue weighted by atomic mass is 9.87. The third-order valence-corrected chi connectivity index (χ3v) is 5.62. The Morgan fingerprint density at radius 3 is 2.21 bits per heavy atom. The molecule has 0 bridgehead atoms. The molecule has 0 aliphatic heterocycles. The van der Waals surface area contributed by atoms with Gasteiger partial charge in [0.25, 0.3) is 0 Å². The monoisotopic (exact) mass is 369 g/mol. The van der Waals surface area contributed by atoms with E-state index in [1.54, 1.807) is 0 Å². The maximum atomic E-state index is 8.84. The minimum atomic E-state index is 0.0790. The van der Waals surface area contributed by atoms with E-state index < -0.39 is 0 Å². The lowest BCUT2D eigenvalue weighted by molar-refractivity contribution is 0.590. The van der Waals surface area contributed by atoms with Gasteiger partial charge in [0.1, 0.15) is 0 Å². The zero-order valence-electron chi connectivity index (χ0n) is 17.2. The highest BCUT2D eigenvalue weighted by Gasteiger charge is 2.20. The molecule has 3 aromatic rings. The third kappa shape index (κ3) is 2.97. The van der Waals surface area contributed by atoms with Crippen molar-refractivity contribution in [3.05, 3.63) is 71.3 Å². The van der Waals surface area contributed by atoms with E-state index >= 15 is 0 Å². The van der Waals surface area contributed by atoms with Gasteiger partial charge in [0.15, 0.2) is 0 Å². The SMILES string of the molecule is CN(C(=N)N(C)c1ccc2c3c(cccc13)C=C2)c1cccc(C(C)(C)C)c1. The van der Waals surface area contributed by atoms with Gasteiger partial charge in [-0.15, -0.1) is 0 Å². The Kier molecular flexibility index (Phi) is 4.26. The molecular weight excluding hydrogens is 342 g/mol. The Morgan fingerprint density at radius 2 is 1.50 bits per heavy atom. The minimum Gasteiger partial charge on any atom is -0.316 e. The molecule has 3 heteroatoms. The lowest BCUT2D eigenvalue weighted by Crippen LogP contribution is -2.39. The molecule has 0 spiro atoms. The Hall–Kier alpha value is -3.07. The van der Waals surface area contributed by atoms with E-state index in [2.05, 4.69) is 87.5 Å². The molecule has 1 N–H and O–H groups in total. The lowest BCUT2D eigenvalue weighted by Gasteiger charge is -2.30. The first-order valence-electron chi connectivity index (χ1n) is 9.68. The standard InChI is InChI=1S/C25H27N3/c1-25(2,3)19-9-7-10-20(16-19)27(4)24(26)28(5)22-15-14-18-13-12-17-8-6-11-21(22)23(17)18/h6-16,26H,1-5H3. The summed E-state index contributed by atoms with van der Waals surface area (Å²) in [6.45, 7) is 6.64. The topological polar surface area (TPSA) is 30.3 Å². The van der Waals surface area contributed by atoms with Gasteiger partial charge in [-0.1, -0.05) is 69.3 Å². The van der Waals surface area contributed by atoms with E-state index in [0.29, 0.717) is 5.96 Å². The smallest absolute Gasteiger partial charge is 0.202 e. The molecule has 3 nitrogen and oxygen atoms in total. The van der Waals surface area contributed by atoms with E-state index in [1.807, 2.05) is 23.9 Å². The van der Waals surface area contributed by atoms with E-state index in [9.17, 15) is 0 Å². The second kappa shape index (κ2) is 6.52. The summed E-state index contributed by atoms with van der Waals surface area (Å²) in [6.07, 6.45) is 4.33. The number of anilines is 2. The number of benzene rings is 3. The first kappa shape index (κ1) is 18.3. The van der Waals surface area contributed by atoms with Crippen molar-refractivity contribution in [1.82, 2.24) is 0 Å². The van der Waals surface area contributed by atoms with Crippen LogP contribution >= 0.6 is 0 Å². The first-order valence-corrected chi connectivity index (χ1v) is 9.68. The maximum Gasteiger partial charge on any atom is 0.202 e. The number of hydrogen-bond acceptors (Lipinski definition) is 1. The van der Waals surface area contributed by atoms with Crippen LogP contribution in [-0.4, -0.2) is 20.1 Å². The first-order chi connectivity index (χ1) is 13.3. The fourth-order valence-corrected chi connectivity index (χ4v) is 3.84. The van der Waals surface area contributed by atoms with Crippen molar-refractivity contribution in [2.75, 3.05) is 23.9 Å². The number of guanidine groups is 1. The van der Waals surface area contributed by atoms with Gasteiger partial charge in [0, 0.05) is 25.2 Å². The van der Waals surface area contributed by atoms with Crippen LogP contribution in [-0.2, 0) is 5.41 Å². The third-order valence-electron chi connectivity index (χ3n) is 5.62. The van der Waals surface area contributed by atoms with Crippen LogP contribution in [0.3, 0.4) is 0 Å². The van der Waals surface area contributed by atoms with Crippen molar-refractivity contribution in [1.29, 1.82) is 5.41 Å². The number of nitrogens with zero attached hydrogens (tertiary/aromatic N) is 2. The summed E-state index contributed by atoms with van der Waals surface area (Å²) >= 11 is 0. The van der Waals surface area contributed by atoms with Crippen molar-refractivity contribution in [3.8, 4) is 0 Å². The molecule has 142 valence electrons. The molecular formula is C25H27N3. The molecule has 1 aliphatic carbocycles. The zero-order valence-corrected chi connectivity index (χ0v) is 17.2. The fourth-order valence-electron chi connectivity index (χ4n) is 3.84. The minimum absolute atomic E-state index is 0.0790. The van der Waals surface area contributed by atoms with Gasteiger partial charge in [-0.2, -0.15) is 0 Å². The average molecular weight is 370 g/mol. The van der Waals surface area contributed by atoms with Gasteiger partial charge in [-0.25, -0.2) is 0 Å². The van der Waals surface area contributed by atoms with Crippen LogP contribution in [0, 0.1) is 5.41 Å². The highest BCUT2D eigenvalue weighted by molar-refractivity contribution is 6.14. The van der Waals surface area contributed by atoms with E-state index in [0.717, 1.165) is 11.4 Å². The molecule has 0 saturated carbocycles. The number of hydrogen-bond donors (Lipinski definition) is 1. The molecule has 0 aromatic heterocycles. The molecule has 1 aliphatic rings. The maximum absolute atomic E-state index is 8.84. The summed E-state index contributed by atoms with van der Waals surface area (Å²) in [7, 11) is 3.93. The molecule has 0 heterocycles. The summed E-state index contributed by atoms with van der Waals surface area (Å²) in [5.41, 5.74) is 5.92. The summed E-state index contributed by atoms with van der Waals surface area (Å²) < 4.78 is 0. The normalized spacial score (nSPS) is 12.5. The van der Waals surface area contributed by atoms with Crippen molar-refractivity contribution in [2.24, 2.45) is 0 Å². The van der Waals surface area contributed by atoms with E-state index in [1.165, 1.54) is 27.5 Å². The second-order valence-electron chi connectivity index (χ2n) is 8.52. The van der Waals surface area contributed by atoms with Crippen LogP contribution in [0.5, 0.6) is 0 Å². The summed E-state index contributed by atoms with van der Waals surface area (Å²) in [5, 5.41) is 11.3. The molecule has 0 amide bonds. The molecule has 4 rings (SSSR count). The second-order valence-corrected chi connectivity index (χ2v) is 8.52. The van der Waals surface area contributed by atoms with Gasteiger partial charge in [-0.05, 0) is 45.7 Å². The van der Waals surface area contributed by atoms with Crippen molar-refractivity contribution in [2.45, 2.75) is 26.2 Å². The number of rotatable bonds is 2. The predicted octanol–water partition coefficient (Wildman–Crippen LogP) is 6.13. The van der Waals surface area contributed by atoms with Gasteiger partial charge < -0.3 is 9.80 Å². The van der Waals surface area contributed by atoms with E-state index in [-0.39, 0.29) is 5.41 Å². The summed E-state index contributed by atoms with van der Waals surface area (Å²) in [4.78, 5) is 3.90. The van der Waals surface area contributed by atoms with Crippen molar-refractivity contribution < 1.29 is 0 Å². The fraction of sp³-hybridized carbons (Fsp3) is 0.240. The Labute approximate surface area is 167 Å². The number of nitrogens with one attached hydrogen (secondary N) is 1. The highest BCUT2D eigenvalue weighted by atomic mass is 15.3. The van der Waals surface area contributed by atoms with Crippen LogP contribution in [0.25, 0.3) is 22.9 Å². The molecule has 0 radical (unpaired) electrons. The predicted molar refractivity (Wildman–Crippen MR) is 123 cm³/mol. The van der Waals surface area contributed by atoms with E-state index in [4.69, 9.17) is 5.41 Å². The Balaban J connectivity index is 1.69.